The van der Waals surface area contributed by atoms with E-state index in [1.165, 1.54) is 11.1 Å². The number of nitrogens with one attached hydrogen (secondary N) is 2. The molecule has 1 amide bonds. The first-order valence-corrected chi connectivity index (χ1v) is 10.7. The van der Waals surface area contributed by atoms with Crippen LogP contribution in [-0.2, 0) is 17.6 Å². The molecule has 8 heteroatoms. The van der Waals surface area contributed by atoms with Crippen molar-refractivity contribution in [2.24, 2.45) is 10.9 Å². The molecule has 1 aliphatic rings. The van der Waals surface area contributed by atoms with Crippen molar-refractivity contribution in [2.75, 3.05) is 33.2 Å². The molecule has 1 atom stereocenters. The molecule has 31 heavy (non-hydrogen) atoms. The van der Waals surface area contributed by atoms with E-state index in [0.717, 1.165) is 62.9 Å². The molecule has 0 bridgehead atoms. The lowest BCUT2D eigenvalue weighted by Crippen LogP contribution is -2.40. The molecule has 1 saturated heterocycles. The molecule has 0 radical (unpaired) electrons. The highest BCUT2D eigenvalue weighted by molar-refractivity contribution is 14.0. The van der Waals surface area contributed by atoms with Crippen LogP contribution in [0.25, 0.3) is 0 Å². The third-order valence-electron chi connectivity index (χ3n) is 5.67. The molecule has 1 aromatic carbocycles. The van der Waals surface area contributed by atoms with Gasteiger partial charge in [0.25, 0.3) is 0 Å². The van der Waals surface area contributed by atoms with Gasteiger partial charge >= 0.3 is 0 Å². The van der Waals surface area contributed by atoms with E-state index in [4.69, 9.17) is 4.52 Å². The van der Waals surface area contributed by atoms with Crippen LogP contribution in [-0.4, -0.2) is 55.2 Å². The number of carbonyl (C=O) groups excluding carboxylic acids is 1. The number of aromatic nitrogens is 1. The lowest BCUT2D eigenvalue weighted by molar-refractivity contribution is -0.127. The minimum atomic E-state index is 0. The number of aliphatic imine (C=N–C) groups is 1. The highest BCUT2D eigenvalue weighted by Gasteiger charge is 2.29. The number of guanidine groups is 1. The zero-order valence-corrected chi connectivity index (χ0v) is 21.0. The number of aryl methyl sites for hydroxylation is 2. The molecular weight excluding hydrogens is 505 g/mol. The van der Waals surface area contributed by atoms with Gasteiger partial charge in [0.15, 0.2) is 5.96 Å². The van der Waals surface area contributed by atoms with Gasteiger partial charge in [-0.2, -0.15) is 0 Å². The third-order valence-corrected chi connectivity index (χ3v) is 5.67. The van der Waals surface area contributed by atoms with Crippen LogP contribution in [0, 0.1) is 19.8 Å². The molecule has 2 heterocycles. The second kappa shape index (κ2) is 12.7. The SMILES string of the molecule is CN=C(NCCCc1c(C)noc1C)NCC1CC(=O)N(CCc2ccccc2)C1.I. The summed E-state index contributed by atoms with van der Waals surface area (Å²) in [4.78, 5) is 18.6. The van der Waals surface area contributed by atoms with Crippen LogP contribution in [0.2, 0.25) is 0 Å². The second-order valence-corrected chi connectivity index (χ2v) is 7.93. The van der Waals surface area contributed by atoms with Crippen molar-refractivity contribution in [2.45, 2.75) is 39.5 Å². The Morgan fingerprint density at radius 1 is 1.23 bits per heavy atom. The zero-order chi connectivity index (χ0) is 21.3. The molecule has 1 aromatic heterocycles. The van der Waals surface area contributed by atoms with E-state index >= 15 is 0 Å². The number of carbonyl (C=O) groups is 1. The molecule has 1 aliphatic heterocycles. The van der Waals surface area contributed by atoms with Crippen LogP contribution in [0.4, 0.5) is 0 Å². The average Bonchev–Trinajstić information content (AvgIpc) is 3.28. The van der Waals surface area contributed by atoms with Crippen LogP contribution >= 0.6 is 24.0 Å². The summed E-state index contributed by atoms with van der Waals surface area (Å²) in [5.41, 5.74) is 3.44. The van der Waals surface area contributed by atoms with Crippen LogP contribution in [0.15, 0.2) is 39.8 Å². The van der Waals surface area contributed by atoms with Gasteiger partial charge in [-0.15, -0.1) is 24.0 Å². The third kappa shape index (κ3) is 7.52. The van der Waals surface area contributed by atoms with Gasteiger partial charge in [-0.3, -0.25) is 9.79 Å². The number of hydrogen-bond donors (Lipinski definition) is 2. The van der Waals surface area contributed by atoms with Gasteiger partial charge in [-0.05, 0) is 38.7 Å². The Hall–Kier alpha value is -2.10. The first kappa shape index (κ1) is 25.2. The summed E-state index contributed by atoms with van der Waals surface area (Å²) in [5, 5.41) is 10.7. The van der Waals surface area contributed by atoms with Gasteiger partial charge in [-0.1, -0.05) is 35.5 Å². The number of nitrogens with zero attached hydrogens (tertiary/aromatic N) is 3. The summed E-state index contributed by atoms with van der Waals surface area (Å²) >= 11 is 0. The molecule has 0 spiro atoms. The lowest BCUT2D eigenvalue weighted by atomic mass is 10.1. The van der Waals surface area contributed by atoms with E-state index in [2.05, 4.69) is 32.9 Å². The van der Waals surface area contributed by atoms with E-state index in [1.54, 1.807) is 7.05 Å². The molecular formula is C23H34IN5O2. The Morgan fingerprint density at radius 2 is 2.00 bits per heavy atom. The summed E-state index contributed by atoms with van der Waals surface area (Å²) in [6.07, 6.45) is 3.41. The fraction of sp³-hybridized carbons (Fsp3) is 0.522. The number of amides is 1. The first-order chi connectivity index (χ1) is 14.6. The summed E-state index contributed by atoms with van der Waals surface area (Å²) in [5.74, 6) is 2.25. The standard InChI is InChI=1S/C23H33N5O2.HI/c1-17-21(18(2)30-27-17)10-7-12-25-23(24-3)26-15-20-14-22(29)28(16-20)13-11-19-8-5-4-6-9-19;/h4-6,8-9,20H,7,10-16H2,1-3H3,(H2,24,25,26);1H. The minimum Gasteiger partial charge on any atom is -0.361 e. The maximum atomic E-state index is 12.3. The van der Waals surface area contributed by atoms with Crippen molar-refractivity contribution in [1.29, 1.82) is 0 Å². The van der Waals surface area contributed by atoms with Crippen molar-refractivity contribution < 1.29 is 9.32 Å². The van der Waals surface area contributed by atoms with E-state index < -0.39 is 0 Å². The van der Waals surface area contributed by atoms with Crippen LogP contribution in [0.1, 0.15) is 35.4 Å². The monoisotopic (exact) mass is 539 g/mol. The number of rotatable bonds is 9. The van der Waals surface area contributed by atoms with Crippen molar-refractivity contribution in [3.63, 3.8) is 0 Å². The Kier molecular flexibility index (Phi) is 10.3. The number of likely N-dealkylation sites (tertiary alicyclic amines) is 1. The molecule has 3 rings (SSSR count). The Bertz CT molecular complexity index is 833. The van der Waals surface area contributed by atoms with Gasteiger partial charge in [0, 0.05) is 51.1 Å². The maximum absolute atomic E-state index is 12.3. The van der Waals surface area contributed by atoms with Gasteiger partial charge < -0.3 is 20.1 Å². The van der Waals surface area contributed by atoms with Crippen molar-refractivity contribution in [3.05, 3.63) is 52.9 Å². The summed E-state index contributed by atoms with van der Waals surface area (Å²) in [6.45, 7) is 7.09. The maximum Gasteiger partial charge on any atom is 0.223 e. The normalized spacial score (nSPS) is 16.4. The molecule has 2 N–H and O–H groups in total. The number of halogens is 1. The Labute approximate surface area is 202 Å². The fourth-order valence-electron chi connectivity index (χ4n) is 3.91. The number of benzene rings is 1. The highest BCUT2D eigenvalue weighted by atomic mass is 127. The Balaban J connectivity index is 0.00000341. The number of hydrogen-bond acceptors (Lipinski definition) is 4. The Morgan fingerprint density at radius 3 is 2.68 bits per heavy atom. The second-order valence-electron chi connectivity index (χ2n) is 7.93. The van der Waals surface area contributed by atoms with Crippen LogP contribution in [0.3, 0.4) is 0 Å². The lowest BCUT2D eigenvalue weighted by Gasteiger charge is -2.18. The summed E-state index contributed by atoms with van der Waals surface area (Å²) in [6, 6.07) is 10.3. The molecule has 7 nitrogen and oxygen atoms in total. The predicted molar refractivity (Wildman–Crippen MR) is 134 cm³/mol. The smallest absolute Gasteiger partial charge is 0.223 e. The van der Waals surface area contributed by atoms with Crippen molar-refractivity contribution in [3.8, 4) is 0 Å². The van der Waals surface area contributed by atoms with Crippen molar-refractivity contribution in [1.82, 2.24) is 20.7 Å². The van der Waals surface area contributed by atoms with Crippen LogP contribution in [0.5, 0.6) is 0 Å². The van der Waals surface area contributed by atoms with E-state index in [-0.39, 0.29) is 29.9 Å². The van der Waals surface area contributed by atoms with Gasteiger partial charge in [0.1, 0.15) is 5.76 Å². The summed E-state index contributed by atoms with van der Waals surface area (Å²) in [7, 11) is 1.77. The van der Waals surface area contributed by atoms with Gasteiger partial charge in [-0.25, -0.2) is 0 Å². The first-order valence-electron chi connectivity index (χ1n) is 10.7. The van der Waals surface area contributed by atoms with E-state index in [9.17, 15) is 4.79 Å². The molecule has 2 aromatic rings. The van der Waals surface area contributed by atoms with Gasteiger partial charge in [0.2, 0.25) is 5.91 Å². The zero-order valence-electron chi connectivity index (χ0n) is 18.7. The molecule has 0 saturated carbocycles. The average molecular weight is 539 g/mol. The van der Waals surface area contributed by atoms with E-state index in [0.29, 0.717) is 12.3 Å². The fourth-order valence-corrected chi connectivity index (χ4v) is 3.91. The molecule has 1 fully saturated rings. The molecule has 1 unspecified atom stereocenters. The minimum absolute atomic E-state index is 0. The predicted octanol–water partition coefficient (Wildman–Crippen LogP) is 3.10. The summed E-state index contributed by atoms with van der Waals surface area (Å²) < 4.78 is 5.21. The topological polar surface area (TPSA) is 82.8 Å². The van der Waals surface area contributed by atoms with Crippen LogP contribution < -0.4 is 10.6 Å². The van der Waals surface area contributed by atoms with E-state index in [1.807, 2.05) is 36.9 Å². The quantitative estimate of drug-likeness (QED) is 0.222. The van der Waals surface area contributed by atoms with Crippen molar-refractivity contribution >= 4 is 35.8 Å². The molecule has 170 valence electrons. The van der Waals surface area contributed by atoms with Gasteiger partial charge in [0.05, 0.1) is 5.69 Å². The largest absolute Gasteiger partial charge is 0.361 e. The molecule has 0 aliphatic carbocycles. The highest BCUT2D eigenvalue weighted by Crippen LogP contribution is 2.18.